The van der Waals surface area contributed by atoms with Crippen molar-refractivity contribution >= 4 is 11.8 Å². The summed E-state index contributed by atoms with van der Waals surface area (Å²) in [7, 11) is 0. The van der Waals surface area contributed by atoms with Gasteiger partial charge in [0.1, 0.15) is 0 Å². The van der Waals surface area contributed by atoms with Crippen LogP contribution in [0.3, 0.4) is 0 Å². The summed E-state index contributed by atoms with van der Waals surface area (Å²) in [6.45, 7) is 1.38. The molecule has 0 saturated heterocycles. The largest absolute Gasteiger partial charge is 0.394 e. The molecule has 0 aromatic heterocycles. The molecular formula is C27H33N3O3. The van der Waals surface area contributed by atoms with E-state index in [-0.39, 0.29) is 6.61 Å². The van der Waals surface area contributed by atoms with Crippen molar-refractivity contribution in [3.63, 3.8) is 0 Å². The number of aliphatic hydroxyl groups excluding tert-OH is 1. The first kappa shape index (κ1) is 25.9. The Labute approximate surface area is 195 Å². The molecule has 3 rings (SSSR count). The minimum Gasteiger partial charge on any atom is -0.394 e. The van der Waals surface area contributed by atoms with Gasteiger partial charge < -0.3 is 16.6 Å². The van der Waals surface area contributed by atoms with E-state index in [1.54, 1.807) is 24.3 Å². The molecule has 0 bridgehead atoms. The molecule has 0 aliphatic carbocycles. The molecule has 0 spiro atoms. The SMILES string of the molecule is CC(=O)N(C(=O)C(N)CCCN)C(CO)c1ccccc1.c1ccc(-c2ccccc2)cc1. The van der Waals surface area contributed by atoms with E-state index >= 15 is 0 Å². The predicted octanol–water partition coefficient (Wildman–Crippen LogP) is 3.51. The Morgan fingerprint density at radius 2 is 1.30 bits per heavy atom. The van der Waals surface area contributed by atoms with Crippen LogP contribution in [0.1, 0.15) is 31.4 Å². The third-order valence-corrected chi connectivity index (χ3v) is 5.16. The number of nitrogens with two attached hydrogens (primary N) is 2. The van der Waals surface area contributed by atoms with Gasteiger partial charge in [0.25, 0.3) is 0 Å². The van der Waals surface area contributed by atoms with Crippen molar-refractivity contribution in [3.8, 4) is 11.1 Å². The zero-order valence-electron chi connectivity index (χ0n) is 19.0. The standard InChI is InChI=1S/C15H23N3O3.C12H10/c1-11(20)18(15(21)13(17)8-5-9-16)14(10-19)12-6-3-2-4-7-12;1-3-7-11(8-4-1)12-9-5-2-6-10-12/h2-4,6-7,13-14,19H,5,8-10,16-17H2,1H3;1-10H. The number of aliphatic hydroxyl groups is 1. The molecule has 3 aromatic carbocycles. The zero-order chi connectivity index (χ0) is 24.1. The third-order valence-electron chi connectivity index (χ3n) is 5.16. The highest BCUT2D eigenvalue weighted by Gasteiger charge is 2.31. The highest BCUT2D eigenvalue weighted by molar-refractivity contribution is 5.97. The minimum atomic E-state index is -0.796. The summed E-state index contributed by atoms with van der Waals surface area (Å²) in [5, 5.41) is 9.60. The van der Waals surface area contributed by atoms with Crippen molar-refractivity contribution in [2.24, 2.45) is 11.5 Å². The number of carbonyl (C=O) groups excluding carboxylic acids is 2. The van der Waals surface area contributed by atoms with Crippen LogP contribution in [0.2, 0.25) is 0 Å². The van der Waals surface area contributed by atoms with Gasteiger partial charge in [-0.05, 0) is 36.1 Å². The number of imide groups is 1. The van der Waals surface area contributed by atoms with Crippen LogP contribution in [0, 0.1) is 0 Å². The maximum Gasteiger partial charge on any atom is 0.246 e. The average Bonchev–Trinajstić information content (AvgIpc) is 2.87. The van der Waals surface area contributed by atoms with E-state index in [0.29, 0.717) is 24.9 Å². The number of amides is 2. The second-order valence-corrected chi connectivity index (χ2v) is 7.61. The van der Waals surface area contributed by atoms with E-state index in [0.717, 1.165) is 4.90 Å². The first-order valence-electron chi connectivity index (χ1n) is 11.0. The van der Waals surface area contributed by atoms with Crippen LogP contribution in [0.15, 0.2) is 91.0 Å². The van der Waals surface area contributed by atoms with Gasteiger partial charge in [0.05, 0.1) is 18.7 Å². The van der Waals surface area contributed by atoms with Crippen molar-refractivity contribution in [1.29, 1.82) is 0 Å². The van der Waals surface area contributed by atoms with E-state index in [4.69, 9.17) is 11.5 Å². The molecule has 2 unspecified atom stereocenters. The maximum atomic E-state index is 12.4. The highest BCUT2D eigenvalue weighted by atomic mass is 16.3. The van der Waals surface area contributed by atoms with Crippen molar-refractivity contribution in [2.75, 3.05) is 13.2 Å². The van der Waals surface area contributed by atoms with E-state index in [2.05, 4.69) is 48.5 Å². The molecule has 6 heteroatoms. The monoisotopic (exact) mass is 447 g/mol. The summed E-state index contributed by atoms with van der Waals surface area (Å²) in [6, 6.07) is 28.2. The molecule has 33 heavy (non-hydrogen) atoms. The summed E-state index contributed by atoms with van der Waals surface area (Å²) in [6.07, 6.45) is 1.01. The maximum absolute atomic E-state index is 12.4. The molecule has 0 saturated carbocycles. The van der Waals surface area contributed by atoms with Crippen LogP contribution in [-0.2, 0) is 9.59 Å². The average molecular weight is 448 g/mol. The van der Waals surface area contributed by atoms with Gasteiger partial charge in [-0.15, -0.1) is 0 Å². The molecule has 0 aliphatic heterocycles. The molecule has 0 heterocycles. The van der Waals surface area contributed by atoms with Gasteiger partial charge in [0, 0.05) is 6.92 Å². The summed E-state index contributed by atoms with van der Waals surface area (Å²) < 4.78 is 0. The van der Waals surface area contributed by atoms with E-state index < -0.39 is 23.9 Å². The quantitative estimate of drug-likeness (QED) is 0.489. The fourth-order valence-corrected chi connectivity index (χ4v) is 3.44. The molecule has 3 aromatic rings. The Hall–Kier alpha value is -3.32. The smallest absolute Gasteiger partial charge is 0.246 e. The van der Waals surface area contributed by atoms with Gasteiger partial charge in [-0.3, -0.25) is 14.5 Å². The van der Waals surface area contributed by atoms with E-state index in [1.807, 2.05) is 18.2 Å². The predicted molar refractivity (Wildman–Crippen MR) is 132 cm³/mol. The van der Waals surface area contributed by atoms with Crippen LogP contribution < -0.4 is 11.5 Å². The molecule has 6 nitrogen and oxygen atoms in total. The zero-order valence-corrected chi connectivity index (χ0v) is 19.0. The Morgan fingerprint density at radius 3 is 1.70 bits per heavy atom. The lowest BCUT2D eigenvalue weighted by atomic mass is 10.0. The second kappa shape index (κ2) is 14.0. The summed E-state index contributed by atoms with van der Waals surface area (Å²) in [4.78, 5) is 25.3. The van der Waals surface area contributed by atoms with Crippen LogP contribution >= 0.6 is 0 Å². The Morgan fingerprint density at radius 1 is 0.848 bits per heavy atom. The minimum absolute atomic E-state index is 0.348. The summed E-state index contributed by atoms with van der Waals surface area (Å²) in [5.74, 6) is -0.926. The van der Waals surface area contributed by atoms with Gasteiger partial charge in [0.2, 0.25) is 11.8 Å². The molecule has 0 radical (unpaired) electrons. The summed E-state index contributed by atoms with van der Waals surface area (Å²) >= 11 is 0. The van der Waals surface area contributed by atoms with Crippen molar-refractivity contribution in [2.45, 2.75) is 31.8 Å². The van der Waals surface area contributed by atoms with Gasteiger partial charge in [-0.25, -0.2) is 0 Å². The lowest BCUT2D eigenvalue weighted by molar-refractivity contribution is -0.148. The second-order valence-electron chi connectivity index (χ2n) is 7.61. The Bertz CT molecular complexity index is 928. The Kier molecular flexibility index (Phi) is 11.0. The molecule has 0 aliphatic rings. The van der Waals surface area contributed by atoms with Gasteiger partial charge >= 0.3 is 0 Å². The number of rotatable bonds is 8. The molecule has 2 amide bonds. The molecule has 2 atom stereocenters. The first-order valence-corrected chi connectivity index (χ1v) is 11.0. The van der Waals surface area contributed by atoms with Gasteiger partial charge in [-0.2, -0.15) is 0 Å². The lowest BCUT2D eigenvalue weighted by Crippen LogP contribution is -2.48. The highest BCUT2D eigenvalue weighted by Crippen LogP contribution is 2.22. The molecule has 5 N–H and O–H groups in total. The molecule has 0 fully saturated rings. The van der Waals surface area contributed by atoms with Crippen LogP contribution in [-0.4, -0.2) is 41.0 Å². The van der Waals surface area contributed by atoms with Crippen LogP contribution in [0.25, 0.3) is 11.1 Å². The van der Waals surface area contributed by atoms with Crippen molar-refractivity contribution in [3.05, 3.63) is 96.6 Å². The number of hydrogen-bond donors (Lipinski definition) is 3. The van der Waals surface area contributed by atoms with Gasteiger partial charge in [-0.1, -0.05) is 91.0 Å². The number of benzene rings is 3. The molecular weight excluding hydrogens is 414 g/mol. The van der Waals surface area contributed by atoms with E-state index in [9.17, 15) is 14.7 Å². The van der Waals surface area contributed by atoms with Crippen LogP contribution in [0.4, 0.5) is 0 Å². The van der Waals surface area contributed by atoms with E-state index in [1.165, 1.54) is 18.1 Å². The topological polar surface area (TPSA) is 110 Å². The number of nitrogens with zero attached hydrogens (tertiary/aromatic N) is 1. The fraction of sp³-hybridized carbons (Fsp3) is 0.259. The Balaban J connectivity index is 0.000000268. The van der Waals surface area contributed by atoms with Crippen molar-refractivity contribution in [1.82, 2.24) is 4.90 Å². The normalized spacial score (nSPS) is 12.1. The van der Waals surface area contributed by atoms with Crippen molar-refractivity contribution < 1.29 is 14.7 Å². The molecule has 174 valence electrons. The number of carbonyl (C=O) groups is 2. The fourth-order valence-electron chi connectivity index (χ4n) is 3.44. The third kappa shape index (κ3) is 7.95. The van der Waals surface area contributed by atoms with Gasteiger partial charge in [0.15, 0.2) is 0 Å². The number of hydrogen-bond acceptors (Lipinski definition) is 5. The van der Waals surface area contributed by atoms with Crippen LogP contribution in [0.5, 0.6) is 0 Å². The lowest BCUT2D eigenvalue weighted by Gasteiger charge is -2.30. The first-order chi connectivity index (χ1) is 16.0. The summed E-state index contributed by atoms with van der Waals surface area (Å²) in [5.41, 5.74) is 14.5.